The van der Waals surface area contributed by atoms with E-state index in [1.54, 1.807) is 0 Å². The molecule has 0 radical (unpaired) electrons. The van der Waals surface area contributed by atoms with Crippen LogP contribution >= 0.6 is 22.7 Å². The van der Waals surface area contributed by atoms with Crippen molar-refractivity contribution < 1.29 is 8.83 Å². The van der Waals surface area contributed by atoms with Crippen LogP contribution < -0.4 is 19.6 Å². The highest BCUT2D eigenvalue weighted by Crippen LogP contribution is 2.49. The third kappa shape index (κ3) is 10.6. The maximum absolute atomic E-state index is 6.71. The van der Waals surface area contributed by atoms with Crippen LogP contribution in [0.2, 0.25) is 0 Å². The van der Waals surface area contributed by atoms with E-state index < -0.39 is 0 Å². The summed E-state index contributed by atoms with van der Waals surface area (Å²) in [6.07, 6.45) is 0. The number of nitrogens with zero attached hydrogens (tertiary/aromatic N) is 4. The van der Waals surface area contributed by atoms with Crippen LogP contribution in [0.5, 0.6) is 0 Å². The molecule has 0 atom stereocenters. The van der Waals surface area contributed by atoms with Gasteiger partial charge < -0.3 is 28.4 Å². The van der Waals surface area contributed by atoms with Gasteiger partial charge in [0.1, 0.15) is 22.3 Å². The molecule has 0 unspecified atom stereocenters. The van der Waals surface area contributed by atoms with Gasteiger partial charge in [-0.15, -0.1) is 22.7 Å². The van der Waals surface area contributed by atoms with E-state index in [0.717, 1.165) is 112 Å². The van der Waals surface area contributed by atoms with Gasteiger partial charge in [0.05, 0.1) is 22.1 Å². The van der Waals surface area contributed by atoms with E-state index >= 15 is 0 Å². The molecule has 4 aromatic heterocycles. The standard InChI is InChI=1S/C48H32N2OS.C42H28N2OS/c1-4-13-33(14-5-1)34-23-25-37(26-24-34)49(35-15-6-2-7-16-35)38-28-30-42-45(31-38)51-44-21-12-20-43(48(42)44)50(36-17-8-3-9-18-36)39-27-29-41-40-19-10-11-22-46(40)52-47(41)32-39;1-4-13-29(14-5-1)43(30-15-6-2-7-16-30)32-24-26-36-39(27-32)45-38-21-12-20-37(42(36)38)44(31-17-8-3-9-18-31)33-23-25-35-34-19-10-11-22-40(34)46-41(35)28-33/h1-32H;1-28H. The molecule has 0 aliphatic heterocycles. The number of fused-ring (bicyclic) bond motifs is 12. The fourth-order valence-corrected chi connectivity index (χ4v) is 16.3. The molecular weight excluding hydrogens is 1230 g/mol. The molecular formula is C90H60N4O2S2. The van der Waals surface area contributed by atoms with Crippen molar-refractivity contribution in [1.82, 2.24) is 0 Å². The molecule has 0 spiro atoms. The van der Waals surface area contributed by atoms with Crippen LogP contribution in [0, 0.1) is 0 Å². The van der Waals surface area contributed by atoms with E-state index in [1.165, 1.54) is 51.5 Å². The monoisotopic (exact) mass is 1290 g/mol. The van der Waals surface area contributed by atoms with Crippen molar-refractivity contribution in [3.05, 3.63) is 364 Å². The average Bonchev–Trinajstić information content (AvgIpc) is 1.57. The molecule has 15 aromatic carbocycles. The van der Waals surface area contributed by atoms with Crippen LogP contribution in [-0.2, 0) is 0 Å². The molecule has 0 fully saturated rings. The molecule has 0 saturated heterocycles. The van der Waals surface area contributed by atoms with Gasteiger partial charge in [-0.1, -0.05) is 194 Å². The zero-order valence-electron chi connectivity index (χ0n) is 53.1. The van der Waals surface area contributed by atoms with E-state index in [1.807, 2.05) is 34.8 Å². The molecule has 6 nitrogen and oxygen atoms in total. The predicted octanol–water partition coefficient (Wildman–Crippen LogP) is 27.5. The molecule has 0 aliphatic carbocycles. The maximum atomic E-state index is 6.71. The molecule has 0 saturated carbocycles. The number of thiophene rings is 2. The lowest BCUT2D eigenvalue weighted by Crippen LogP contribution is -2.10. The third-order valence-electron chi connectivity index (χ3n) is 18.5. The lowest BCUT2D eigenvalue weighted by atomic mass is 10.0. The number of benzene rings is 15. The van der Waals surface area contributed by atoms with Gasteiger partial charge in [-0.25, -0.2) is 0 Å². The smallest absolute Gasteiger partial charge is 0.137 e. The van der Waals surface area contributed by atoms with Gasteiger partial charge in [-0.3, -0.25) is 0 Å². The Morgan fingerprint density at radius 1 is 0.184 bits per heavy atom. The first-order valence-electron chi connectivity index (χ1n) is 32.9. The predicted molar refractivity (Wildman–Crippen MR) is 417 cm³/mol. The van der Waals surface area contributed by atoms with Crippen molar-refractivity contribution >= 4 is 175 Å². The summed E-state index contributed by atoms with van der Waals surface area (Å²) < 4.78 is 18.5. The molecule has 8 heteroatoms. The van der Waals surface area contributed by atoms with Crippen molar-refractivity contribution in [3.8, 4) is 11.1 Å². The molecule has 0 aliphatic rings. The van der Waals surface area contributed by atoms with E-state index in [4.69, 9.17) is 8.83 Å². The Morgan fingerprint density at radius 3 is 0.878 bits per heavy atom. The summed E-state index contributed by atoms with van der Waals surface area (Å²) in [7, 11) is 0. The van der Waals surface area contributed by atoms with Gasteiger partial charge in [-0.2, -0.15) is 0 Å². The fourth-order valence-electron chi connectivity index (χ4n) is 14.0. The largest absolute Gasteiger partial charge is 0.456 e. The molecule has 19 aromatic rings. The minimum Gasteiger partial charge on any atom is -0.456 e. The maximum Gasteiger partial charge on any atom is 0.137 e. The Bertz CT molecular complexity index is 6040. The highest BCUT2D eigenvalue weighted by atomic mass is 32.1. The lowest BCUT2D eigenvalue weighted by molar-refractivity contribution is 0.668. The molecule has 4 heterocycles. The first-order valence-corrected chi connectivity index (χ1v) is 34.6. The van der Waals surface area contributed by atoms with Crippen molar-refractivity contribution in [2.75, 3.05) is 19.6 Å². The molecule has 0 bridgehead atoms. The number of anilines is 12. The van der Waals surface area contributed by atoms with Gasteiger partial charge in [0.25, 0.3) is 0 Å². The quantitative estimate of drug-likeness (QED) is 0.115. The van der Waals surface area contributed by atoms with E-state index in [-0.39, 0.29) is 0 Å². The fraction of sp³-hybridized carbons (Fsp3) is 0. The number of hydrogen-bond donors (Lipinski definition) is 0. The summed E-state index contributed by atoms with van der Waals surface area (Å²) in [5.41, 5.74) is 18.8. The Hall–Kier alpha value is -12.5. The zero-order valence-corrected chi connectivity index (χ0v) is 54.7. The van der Waals surface area contributed by atoms with Crippen LogP contribution in [0.3, 0.4) is 0 Å². The van der Waals surface area contributed by atoms with Crippen LogP contribution in [0.15, 0.2) is 373 Å². The van der Waals surface area contributed by atoms with Crippen LogP contribution in [0.4, 0.5) is 68.2 Å². The molecule has 19 rings (SSSR count). The van der Waals surface area contributed by atoms with E-state index in [2.05, 4.69) is 371 Å². The van der Waals surface area contributed by atoms with Gasteiger partial charge in [0.2, 0.25) is 0 Å². The molecule has 0 amide bonds. The molecule has 464 valence electrons. The van der Waals surface area contributed by atoms with Crippen molar-refractivity contribution in [2.24, 2.45) is 0 Å². The summed E-state index contributed by atoms with van der Waals surface area (Å²) in [5.74, 6) is 0. The Labute approximate surface area is 574 Å². The first-order chi connectivity index (χ1) is 48.6. The third-order valence-corrected chi connectivity index (χ3v) is 20.7. The topological polar surface area (TPSA) is 39.2 Å². The second kappa shape index (κ2) is 25.0. The minimum atomic E-state index is 0.842. The Kier molecular flexibility index (Phi) is 14.8. The zero-order chi connectivity index (χ0) is 64.9. The van der Waals surface area contributed by atoms with Crippen molar-refractivity contribution in [1.29, 1.82) is 0 Å². The lowest BCUT2D eigenvalue weighted by Gasteiger charge is -2.26. The van der Waals surface area contributed by atoms with E-state index in [0.29, 0.717) is 0 Å². The van der Waals surface area contributed by atoms with Gasteiger partial charge in [0.15, 0.2) is 0 Å². The Morgan fingerprint density at radius 2 is 0.480 bits per heavy atom. The first kappa shape index (κ1) is 58.1. The normalized spacial score (nSPS) is 11.5. The summed E-state index contributed by atoms with van der Waals surface area (Å²) in [4.78, 5) is 9.28. The molecule has 0 N–H and O–H groups in total. The summed E-state index contributed by atoms with van der Waals surface area (Å²) in [6.45, 7) is 0. The summed E-state index contributed by atoms with van der Waals surface area (Å²) in [5, 5.41) is 9.52. The number of furan rings is 2. The highest BCUT2D eigenvalue weighted by molar-refractivity contribution is 7.26. The number of hydrogen-bond acceptors (Lipinski definition) is 8. The van der Waals surface area contributed by atoms with Gasteiger partial charge in [-0.05, 0) is 169 Å². The summed E-state index contributed by atoms with van der Waals surface area (Å²) in [6, 6.07) is 129. The average molecular weight is 1290 g/mol. The van der Waals surface area contributed by atoms with Crippen molar-refractivity contribution in [3.63, 3.8) is 0 Å². The molecule has 98 heavy (non-hydrogen) atoms. The van der Waals surface area contributed by atoms with Crippen molar-refractivity contribution in [2.45, 2.75) is 0 Å². The van der Waals surface area contributed by atoms with Gasteiger partial charge >= 0.3 is 0 Å². The highest BCUT2D eigenvalue weighted by Gasteiger charge is 2.25. The Balaban J connectivity index is 0.000000143. The SMILES string of the molecule is c1ccc(-c2ccc(N(c3ccccc3)c3ccc4c(c3)oc3cccc(N(c5ccccc5)c5ccc6c(c5)sc5ccccc56)c34)cc2)cc1.c1ccc(N(c2ccccc2)c2ccc3c(c2)oc2cccc(N(c4ccccc4)c4ccc5c(c4)sc4ccccc45)c23)cc1. The van der Waals surface area contributed by atoms with Crippen LogP contribution in [0.1, 0.15) is 0 Å². The number of para-hydroxylation sites is 5. The number of rotatable bonds is 13. The second-order valence-corrected chi connectivity index (χ2v) is 26.5. The van der Waals surface area contributed by atoms with Gasteiger partial charge in [0, 0.05) is 120 Å². The second-order valence-electron chi connectivity index (χ2n) is 24.4. The summed E-state index contributed by atoms with van der Waals surface area (Å²) >= 11 is 3.68. The van der Waals surface area contributed by atoms with Crippen LogP contribution in [-0.4, -0.2) is 0 Å². The minimum absolute atomic E-state index is 0.842. The van der Waals surface area contributed by atoms with E-state index in [9.17, 15) is 0 Å². The van der Waals surface area contributed by atoms with Crippen LogP contribution in [0.25, 0.3) is 95.3 Å².